The van der Waals surface area contributed by atoms with Crippen molar-refractivity contribution >= 4 is 47.0 Å². The predicted octanol–water partition coefficient (Wildman–Crippen LogP) is 4.14. The van der Waals surface area contributed by atoms with Crippen molar-refractivity contribution in [2.75, 3.05) is 18.5 Å². The van der Waals surface area contributed by atoms with Gasteiger partial charge >= 0.3 is 12.1 Å². The first-order chi connectivity index (χ1) is 39.9. The second kappa shape index (κ2) is 19.2. The summed E-state index contributed by atoms with van der Waals surface area (Å²) >= 11 is 0. The van der Waals surface area contributed by atoms with Crippen LogP contribution in [0.1, 0.15) is 80.9 Å². The number of carboxylic acid groups (broad SMARTS) is 1. The van der Waals surface area contributed by atoms with Crippen LogP contribution < -0.4 is 21.3 Å². The number of nitrogens with one attached hydrogen (secondary N) is 4. The van der Waals surface area contributed by atoms with Crippen molar-refractivity contribution in [1.82, 2.24) is 36.3 Å². The molecule has 1 unspecified atom stereocenters. The van der Waals surface area contributed by atoms with E-state index in [2.05, 4.69) is 60.7 Å². The lowest BCUT2D eigenvalue weighted by atomic mass is 8.94. The maximum Gasteiger partial charge on any atom is 0.407 e. The first-order valence-electron chi connectivity index (χ1n) is 28.8. The standard InChI is InChI=1S/C62H64N8O13/c1-58-20-19-37(72)22-35(58)13-16-38-39-23-43-62(42(74)27-71,59(39,2)25-41(73)47(38)58)83-56(82-43)34-11-5-31(6-12-34)24-60-48-51-49(60)53-50(60)52(48)61(51,53)68-57(80)81-28-32-7-14-36(15-8-32)66-55(79)40(17-18-46(77)78)67-45(76)26-63-44(75)21-30-3-9-33(10-4-30)54-69-64-29-65-70-54/h3-12,14-15,19-20,22,29,38-41,43,47-53,56,71,73H,13,16-18,21,23-28H2,1-2H3,(H,63,75)(H,66,79)(H,67,76)(H,68,80)(H,77,78)/t38-,39-,40-,41-,43+,47+,48?,49?,50?,51?,52?,53?,56?,58-,59-,60?,61?,62+/m0/s1. The molecule has 2 heterocycles. The summed E-state index contributed by atoms with van der Waals surface area (Å²) in [5, 5.41) is 58.1. The molecule has 0 bridgehead atoms. The predicted molar refractivity (Wildman–Crippen MR) is 290 cm³/mol. The van der Waals surface area contributed by atoms with Crippen LogP contribution in [0, 0.1) is 69.5 Å². The molecule has 1 saturated heterocycles. The average molecular weight is 1130 g/mol. The van der Waals surface area contributed by atoms with E-state index in [1.165, 1.54) is 11.9 Å². The lowest BCUT2D eigenvalue weighted by Crippen LogP contribution is -3.15. The summed E-state index contributed by atoms with van der Waals surface area (Å²) < 4.78 is 19.3. The molecule has 4 aromatic rings. The van der Waals surface area contributed by atoms with E-state index in [1.54, 1.807) is 60.7 Å². The summed E-state index contributed by atoms with van der Waals surface area (Å²) in [7, 11) is 0. The molecule has 10 atom stereocenters. The number of carboxylic acids is 1. The number of Topliss-reactive ketones (excluding diaryl/α,β-unsaturated/α-hetero) is 1. The number of hydrogen-bond donors (Lipinski definition) is 7. The van der Waals surface area contributed by atoms with Gasteiger partial charge < -0.3 is 50.8 Å². The highest BCUT2D eigenvalue weighted by atomic mass is 16.7. The molecule has 10 aliphatic carbocycles. The van der Waals surface area contributed by atoms with Gasteiger partial charge in [-0.3, -0.25) is 28.8 Å². The minimum atomic E-state index is -1.42. The Bertz CT molecular complexity index is 3400. The Kier molecular flexibility index (Phi) is 12.4. The van der Waals surface area contributed by atoms with E-state index in [-0.39, 0.29) is 53.9 Å². The zero-order valence-electron chi connectivity index (χ0n) is 45.7. The van der Waals surface area contributed by atoms with Crippen molar-refractivity contribution in [3.8, 4) is 11.4 Å². The SMILES string of the molecule is C[C@]12C=CC(=O)C=C1CC[C@@H]1[C@@H]2[C@@H](O)C[C@@]2(C)[C@H]1C[C@H]1OC(c3ccc(CC45C6C7C4C4C5C6C74NC(=O)OCc4ccc(NC(=O)[C@H](CCC(=O)O)NC(=O)CNC(=O)Cc5ccc(-c6nncnn6)cc5)cc4)cc3)O[C@]12C(=O)CO. The molecule has 10 fully saturated rings. The fourth-order valence-corrected chi connectivity index (χ4v) is 18.9. The Morgan fingerprint density at radius 2 is 1.53 bits per heavy atom. The summed E-state index contributed by atoms with van der Waals surface area (Å²) in [6.45, 7) is 3.04. The molecule has 0 spiro atoms. The summed E-state index contributed by atoms with van der Waals surface area (Å²) in [5.74, 6) is -0.0367. The first kappa shape index (κ1) is 53.4. The van der Waals surface area contributed by atoms with E-state index < -0.39 is 96.1 Å². The molecule has 9 saturated carbocycles. The number of carbonyl (C=O) groups is 7. The van der Waals surface area contributed by atoms with Gasteiger partial charge in [0.2, 0.25) is 23.5 Å². The number of anilines is 1. The number of rotatable bonds is 19. The quantitative estimate of drug-likeness (QED) is 0.0694. The summed E-state index contributed by atoms with van der Waals surface area (Å²) in [6.07, 6.45) is 6.69. The number of aromatic nitrogens is 4. The van der Waals surface area contributed by atoms with Gasteiger partial charge in [0.15, 0.2) is 29.8 Å². The highest BCUT2D eigenvalue weighted by Crippen LogP contribution is 3.07. The van der Waals surface area contributed by atoms with Gasteiger partial charge in [-0.05, 0) is 132 Å². The largest absolute Gasteiger partial charge is 0.481 e. The first-order valence-corrected chi connectivity index (χ1v) is 28.8. The monoisotopic (exact) mass is 1130 g/mol. The highest BCUT2D eigenvalue weighted by molar-refractivity contribution is 6.01. The van der Waals surface area contributed by atoms with E-state index in [9.17, 15) is 48.9 Å². The van der Waals surface area contributed by atoms with Crippen LogP contribution >= 0.6 is 0 Å². The van der Waals surface area contributed by atoms with E-state index in [0.717, 1.165) is 30.4 Å². The number of amides is 4. The third kappa shape index (κ3) is 7.68. The molecular weight excluding hydrogens is 1060 g/mol. The van der Waals surface area contributed by atoms with Crippen molar-refractivity contribution in [2.45, 2.75) is 108 Å². The molecule has 21 nitrogen and oxygen atoms in total. The zero-order valence-corrected chi connectivity index (χ0v) is 45.7. The third-order valence-corrected chi connectivity index (χ3v) is 22.0. The number of hydrogen-bond acceptors (Lipinski definition) is 16. The van der Waals surface area contributed by atoms with Gasteiger partial charge in [0, 0.05) is 40.0 Å². The highest BCUT2D eigenvalue weighted by Gasteiger charge is 3.10. The Morgan fingerprint density at radius 1 is 0.843 bits per heavy atom. The lowest BCUT2D eigenvalue weighted by molar-refractivity contribution is -0.624. The molecule has 21 heteroatoms. The van der Waals surface area contributed by atoms with Crippen molar-refractivity contribution in [3.63, 3.8) is 0 Å². The van der Waals surface area contributed by atoms with E-state index in [4.69, 9.17) is 14.2 Å². The maximum atomic E-state index is 14.1. The Labute approximate surface area is 476 Å². The number of carbonyl (C=O) groups excluding carboxylic acids is 6. The molecule has 430 valence electrons. The van der Waals surface area contributed by atoms with Gasteiger partial charge in [0.1, 0.15) is 19.3 Å². The number of ether oxygens (including phenoxy) is 3. The third-order valence-electron chi connectivity index (χ3n) is 22.0. The van der Waals surface area contributed by atoms with Crippen molar-refractivity contribution in [2.24, 2.45) is 69.5 Å². The second-order valence-corrected chi connectivity index (χ2v) is 25.4. The van der Waals surface area contributed by atoms with Crippen LogP contribution in [-0.4, -0.2) is 120 Å². The van der Waals surface area contributed by atoms with Crippen LogP contribution in [0.3, 0.4) is 0 Å². The normalized spacial score (nSPS) is 37.3. The van der Waals surface area contributed by atoms with Crippen LogP contribution in [0.15, 0.2) is 103 Å². The van der Waals surface area contributed by atoms with Gasteiger partial charge in [0.25, 0.3) is 0 Å². The van der Waals surface area contributed by atoms with Crippen molar-refractivity contribution in [1.29, 1.82) is 0 Å². The van der Waals surface area contributed by atoms with Crippen molar-refractivity contribution in [3.05, 3.63) is 125 Å². The Morgan fingerprint density at radius 3 is 2.22 bits per heavy atom. The summed E-state index contributed by atoms with van der Waals surface area (Å²) in [6, 6.07) is 20.6. The van der Waals surface area contributed by atoms with E-state index >= 15 is 0 Å². The molecule has 4 amide bonds. The molecular formula is C62H64N8O13. The number of alkyl carbamates (subject to hydrolysis) is 1. The van der Waals surface area contributed by atoms with E-state index in [1.807, 2.05) is 25.1 Å². The van der Waals surface area contributed by atoms with Gasteiger partial charge in [0.05, 0.1) is 30.7 Å². The molecule has 1 aromatic heterocycles. The van der Waals surface area contributed by atoms with Gasteiger partial charge in [-0.2, -0.15) is 0 Å². The van der Waals surface area contributed by atoms with Crippen LogP contribution in [0.4, 0.5) is 10.5 Å². The zero-order chi connectivity index (χ0) is 57.5. The number of ketones is 2. The molecule has 7 N–H and O–H groups in total. The van der Waals surface area contributed by atoms with Crippen LogP contribution in [-0.2, 0) is 62.4 Å². The molecule has 15 rings (SSSR count). The number of fused-ring (bicyclic) bond motifs is 7. The molecule has 11 aliphatic rings. The minimum Gasteiger partial charge on any atom is -0.481 e. The van der Waals surface area contributed by atoms with E-state index in [0.29, 0.717) is 76.6 Å². The minimum absolute atomic E-state index is 0.00000188. The smallest absolute Gasteiger partial charge is 0.407 e. The lowest BCUT2D eigenvalue weighted by Gasteiger charge is -3.11. The van der Waals surface area contributed by atoms with Gasteiger partial charge in [-0.15, -0.1) is 20.4 Å². The number of aliphatic hydroxyl groups is 2. The summed E-state index contributed by atoms with van der Waals surface area (Å²) in [5.41, 5.74) is 2.87. The average Bonchev–Trinajstić information content (AvgIpc) is 0.861. The number of aliphatic hydroxyl groups excluding tert-OH is 2. The number of allylic oxidation sites excluding steroid dienone is 4. The molecule has 0 radical (unpaired) electrons. The van der Waals surface area contributed by atoms with Gasteiger partial charge in [-0.1, -0.05) is 86.2 Å². The number of benzene rings is 3. The van der Waals surface area contributed by atoms with Gasteiger partial charge in [-0.25, -0.2) is 4.79 Å². The number of aliphatic carboxylic acids is 1. The number of nitrogens with zero attached hydrogens (tertiary/aromatic N) is 4. The van der Waals surface area contributed by atoms with Crippen LogP contribution in [0.5, 0.6) is 0 Å². The van der Waals surface area contributed by atoms with Crippen LogP contribution in [0.25, 0.3) is 11.4 Å². The fourth-order valence-electron chi connectivity index (χ4n) is 18.9. The second-order valence-electron chi connectivity index (χ2n) is 25.4. The molecule has 83 heavy (non-hydrogen) atoms. The maximum absolute atomic E-state index is 14.1. The fraction of sp³-hybridized carbons (Fsp3) is 0.500. The Hall–Kier alpha value is -7.59. The molecule has 3 aromatic carbocycles. The topological polar surface area (TPSA) is 308 Å². The molecule has 1 aliphatic heterocycles. The summed E-state index contributed by atoms with van der Waals surface area (Å²) in [4.78, 5) is 90.0. The van der Waals surface area contributed by atoms with Crippen LogP contribution in [0.2, 0.25) is 0 Å². The van der Waals surface area contributed by atoms with Crippen molar-refractivity contribution < 1.29 is 63.1 Å². The Balaban J connectivity index is 0.539.